The molecule has 1 aliphatic carbocycles. The monoisotopic (exact) mass is 478 g/mol. The van der Waals surface area contributed by atoms with Crippen LogP contribution in [0.5, 0.6) is 5.75 Å². The van der Waals surface area contributed by atoms with Crippen LogP contribution in [-0.4, -0.2) is 39.3 Å². The topological polar surface area (TPSA) is 75.7 Å². The standard InChI is InChI=1S/C27H28N2O4S.H2/c1-18-7-9-22(17-24(18)19-5-4-6-23(16-19)34(31,32)29(2)3)28-26(30)27(12-13-27)21-8-10-25-20(15-21)11-14-33-25;/h4-10,15-17H,11-14H2,1-3H3,(H,28,30);1H. The Kier molecular flexibility index (Phi) is 5.49. The fourth-order valence-corrected chi connectivity index (χ4v) is 5.50. The maximum Gasteiger partial charge on any atom is 0.242 e. The number of ether oxygens (including phenoxy) is 1. The van der Waals surface area contributed by atoms with E-state index in [-0.39, 0.29) is 12.2 Å². The number of carbonyl (C=O) groups is 1. The van der Waals surface area contributed by atoms with Crippen molar-refractivity contribution in [1.82, 2.24) is 4.31 Å². The Morgan fingerprint density at radius 2 is 1.85 bits per heavy atom. The van der Waals surface area contributed by atoms with Crippen LogP contribution in [0.4, 0.5) is 5.69 Å². The SMILES string of the molecule is Cc1ccc(NC(=O)C2(c3ccc4c(c3)CCO4)CC2)cc1-c1cccc(S(=O)(=O)N(C)C)c1.[HH]. The van der Waals surface area contributed by atoms with Gasteiger partial charge in [-0.15, -0.1) is 0 Å². The van der Waals surface area contributed by atoms with Crippen molar-refractivity contribution >= 4 is 21.6 Å². The third-order valence-electron chi connectivity index (χ3n) is 6.85. The fourth-order valence-electron chi connectivity index (χ4n) is 4.55. The highest BCUT2D eigenvalue weighted by atomic mass is 32.2. The van der Waals surface area contributed by atoms with E-state index in [0.29, 0.717) is 12.3 Å². The van der Waals surface area contributed by atoms with Crippen LogP contribution in [0.1, 0.15) is 31.0 Å². The normalized spacial score (nSPS) is 16.1. The number of rotatable bonds is 6. The first-order valence-corrected chi connectivity index (χ1v) is 12.9. The second-order valence-corrected chi connectivity index (χ2v) is 11.5. The van der Waals surface area contributed by atoms with Crippen LogP contribution >= 0.6 is 0 Å². The quantitative estimate of drug-likeness (QED) is 0.554. The van der Waals surface area contributed by atoms with Crippen LogP contribution in [-0.2, 0) is 26.7 Å². The lowest BCUT2D eigenvalue weighted by atomic mass is 9.92. The minimum absolute atomic E-state index is 0. The minimum Gasteiger partial charge on any atom is -0.493 e. The van der Waals surface area contributed by atoms with Gasteiger partial charge in [0.2, 0.25) is 15.9 Å². The molecule has 0 saturated heterocycles. The minimum atomic E-state index is -3.54. The summed E-state index contributed by atoms with van der Waals surface area (Å²) in [6.45, 7) is 2.67. The predicted molar refractivity (Wildman–Crippen MR) is 135 cm³/mol. The number of hydrogen-bond acceptors (Lipinski definition) is 4. The van der Waals surface area contributed by atoms with E-state index >= 15 is 0 Å². The van der Waals surface area contributed by atoms with Gasteiger partial charge in [0.1, 0.15) is 5.75 Å². The number of nitrogens with zero attached hydrogens (tertiary/aromatic N) is 1. The Labute approximate surface area is 202 Å². The molecule has 0 atom stereocenters. The maximum absolute atomic E-state index is 13.4. The summed E-state index contributed by atoms with van der Waals surface area (Å²) in [5.41, 5.74) is 5.08. The Bertz CT molecular complexity index is 1400. The zero-order chi connectivity index (χ0) is 24.1. The molecule has 1 saturated carbocycles. The smallest absolute Gasteiger partial charge is 0.242 e. The number of sulfonamides is 1. The number of hydrogen-bond donors (Lipinski definition) is 1. The summed E-state index contributed by atoms with van der Waals surface area (Å²) in [6.07, 6.45) is 2.52. The van der Waals surface area contributed by atoms with E-state index in [0.717, 1.165) is 47.3 Å². The van der Waals surface area contributed by atoms with Crippen molar-refractivity contribution in [3.8, 4) is 16.9 Å². The summed E-state index contributed by atoms with van der Waals surface area (Å²) in [6, 6.07) is 18.8. The van der Waals surface area contributed by atoms with E-state index in [9.17, 15) is 13.2 Å². The molecular weight excluding hydrogens is 448 g/mol. The predicted octanol–water partition coefficient (Wildman–Crippen LogP) is 4.76. The molecule has 7 heteroatoms. The number of amides is 1. The molecule has 3 aromatic rings. The summed E-state index contributed by atoms with van der Waals surface area (Å²) in [5, 5.41) is 3.11. The van der Waals surface area contributed by atoms with E-state index in [2.05, 4.69) is 11.4 Å². The van der Waals surface area contributed by atoms with Gasteiger partial charge in [-0.25, -0.2) is 12.7 Å². The molecule has 1 N–H and O–H groups in total. The van der Waals surface area contributed by atoms with E-state index < -0.39 is 15.4 Å². The largest absolute Gasteiger partial charge is 0.493 e. The highest BCUT2D eigenvalue weighted by Crippen LogP contribution is 2.50. The summed E-state index contributed by atoms with van der Waals surface area (Å²) in [5.74, 6) is 0.909. The highest BCUT2D eigenvalue weighted by Gasteiger charge is 2.51. The number of anilines is 1. The van der Waals surface area contributed by atoms with E-state index in [1.165, 1.54) is 24.0 Å². The molecule has 6 nitrogen and oxygen atoms in total. The third kappa shape index (κ3) is 3.89. The van der Waals surface area contributed by atoms with Crippen molar-refractivity contribution in [3.05, 3.63) is 77.4 Å². The average Bonchev–Trinajstić information content (AvgIpc) is 3.51. The number of carbonyl (C=O) groups excluding carboxylic acids is 1. The Morgan fingerprint density at radius 1 is 1.06 bits per heavy atom. The van der Waals surface area contributed by atoms with Crippen LogP contribution in [0, 0.1) is 6.92 Å². The van der Waals surface area contributed by atoms with Gasteiger partial charge in [-0.3, -0.25) is 4.79 Å². The van der Waals surface area contributed by atoms with E-state index in [1.54, 1.807) is 18.2 Å². The molecule has 0 spiro atoms. The summed E-state index contributed by atoms with van der Waals surface area (Å²) < 4.78 is 32.0. The van der Waals surface area contributed by atoms with Crippen LogP contribution in [0.3, 0.4) is 0 Å². The highest BCUT2D eigenvalue weighted by molar-refractivity contribution is 7.89. The molecule has 34 heavy (non-hydrogen) atoms. The van der Waals surface area contributed by atoms with Gasteiger partial charge in [0.25, 0.3) is 0 Å². The average molecular weight is 479 g/mol. The molecule has 0 aromatic heterocycles. The molecule has 5 rings (SSSR count). The van der Waals surface area contributed by atoms with Gasteiger partial charge < -0.3 is 10.1 Å². The number of aryl methyl sites for hydroxylation is 1. The Hall–Kier alpha value is -3.16. The van der Waals surface area contributed by atoms with Gasteiger partial charge in [-0.05, 0) is 77.9 Å². The van der Waals surface area contributed by atoms with Gasteiger partial charge in [-0.2, -0.15) is 0 Å². The second-order valence-electron chi connectivity index (χ2n) is 9.30. The van der Waals surface area contributed by atoms with Crippen LogP contribution in [0.25, 0.3) is 11.1 Å². The lowest BCUT2D eigenvalue weighted by Crippen LogP contribution is -2.27. The molecule has 0 radical (unpaired) electrons. The van der Waals surface area contributed by atoms with Crippen molar-refractivity contribution in [2.24, 2.45) is 0 Å². The van der Waals surface area contributed by atoms with Crippen LogP contribution < -0.4 is 10.1 Å². The molecule has 1 heterocycles. The van der Waals surface area contributed by atoms with Crippen molar-refractivity contribution in [1.29, 1.82) is 0 Å². The van der Waals surface area contributed by atoms with Gasteiger partial charge in [0, 0.05) is 27.6 Å². The second kappa shape index (κ2) is 8.25. The van der Waals surface area contributed by atoms with Gasteiger partial charge in [-0.1, -0.05) is 30.3 Å². The molecular formula is C27H30N2O4S. The zero-order valence-corrected chi connectivity index (χ0v) is 20.4. The lowest BCUT2D eigenvalue weighted by Gasteiger charge is -2.18. The molecule has 1 aliphatic heterocycles. The maximum atomic E-state index is 13.4. The summed E-state index contributed by atoms with van der Waals surface area (Å²) in [7, 11) is -0.503. The lowest BCUT2D eigenvalue weighted by molar-refractivity contribution is -0.118. The van der Waals surface area contributed by atoms with Crippen LogP contribution in [0.15, 0.2) is 65.6 Å². The first-order chi connectivity index (χ1) is 16.2. The summed E-state index contributed by atoms with van der Waals surface area (Å²) >= 11 is 0. The Balaban J connectivity index is 0.00000289. The molecule has 1 amide bonds. The number of nitrogens with one attached hydrogen (secondary N) is 1. The fraction of sp³-hybridized carbons (Fsp3) is 0.296. The van der Waals surface area contributed by atoms with Crippen molar-refractivity contribution in [2.45, 2.75) is 36.5 Å². The molecule has 2 aliphatic rings. The molecule has 178 valence electrons. The summed E-state index contributed by atoms with van der Waals surface area (Å²) in [4.78, 5) is 13.6. The van der Waals surface area contributed by atoms with E-state index in [1.807, 2.05) is 43.3 Å². The van der Waals surface area contributed by atoms with Crippen molar-refractivity contribution in [3.63, 3.8) is 0 Å². The van der Waals surface area contributed by atoms with Crippen molar-refractivity contribution < 1.29 is 19.4 Å². The molecule has 1 fully saturated rings. The Morgan fingerprint density at radius 3 is 2.59 bits per heavy atom. The third-order valence-corrected chi connectivity index (χ3v) is 8.66. The van der Waals surface area contributed by atoms with Crippen LogP contribution in [0.2, 0.25) is 0 Å². The van der Waals surface area contributed by atoms with E-state index in [4.69, 9.17) is 4.74 Å². The first-order valence-electron chi connectivity index (χ1n) is 11.4. The molecule has 0 unspecified atom stereocenters. The van der Waals surface area contributed by atoms with Gasteiger partial charge in [0.05, 0.1) is 16.9 Å². The molecule has 3 aromatic carbocycles. The molecule has 0 bridgehead atoms. The van der Waals surface area contributed by atoms with Crippen molar-refractivity contribution in [2.75, 3.05) is 26.0 Å². The zero-order valence-electron chi connectivity index (χ0n) is 19.6. The van der Waals surface area contributed by atoms with Gasteiger partial charge >= 0.3 is 0 Å². The van der Waals surface area contributed by atoms with Gasteiger partial charge in [0.15, 0.2) is 0 Å². The first kappa shape index (κ1) is 22.6. The number of fused-ring (bicyclic) bond motifs is 1. The number of benzene rings is 3.